The van der Waals surface area contributed by atoms with Gasteiger partial charge in [0.25, 0.3) is 0 Å². The molecule has 2 rings (SSSR count). The number of carbonyl (C=O) groups is 1. The minimum absolute atomic E-state index is 0.0743. The van der Waals surface area contributed by atoms with Crippen molar-refractivity contribution in [2.45, 2.75) is 6.42 Å². The van der Waals surface area contributed by atoms with E-state index in [1.165, 1.54) is 0 Å². The zero-order chi connectivity index (χ0) is 15.9. The summed E-state index contributed by atoms with van der Waals surface area (Å²) in [6.45, 7) is 0. The number of para-hydroxylation sites is 1. The molecule has 22 heavy (non-hydrogen) atoms. The summed E-state index contributed by atoms with van der Waals surface area (Å²) in [5.41, 5.74) is 9.65. The van der Waals surface area contributed by atoms with E-state index in [9.17, 15) is 4.79 Å². The Kier molecular flexibility index (Phi) is 5.66. The van der Waals surface area contributed by atoms with Crippen LogP contribution in [0.2, 0.25) is 5.02 Å². The summed E-state index contributed by atoms with van der Waals surface area (Å²) in [6, 6.07) is 14.1. The van der Waals surface area contributed by atoms with Crippen molar-refractivity contribution in [3.63, 3.8) is 0 Å². The maximum Gasteiger partial charge on any atom is 0.328 e. The third-order valence-corrected chi connectivity index (χ3v) is 3.21. The second-order valence-electron chi connectivity index (χ2n) is 4.49. The molecule has 0 atom stereocenters. The number of rotatable bonds is 6. The van der Waals surface area contributed by atoms with Gasteiger partial charge in [0.2, 0.25) is 0 Å². The average molecular weight is 320 g/mol. The van der Waals surface area contributed by atoms with Gasteiger partial charge in [-0.25, -0.2) is 0 Å². The standard InChI is InChI=1S/C16H16ClN2O3/c1-21-14-5-3-2-4-12(14)10-15(20)22-19-16(18)11-6-8-13(17)9-7-11/h2-9,19H,10,18H2,1H3/q-1. The predicted octanol–water partition coefficient (Wildman–Crippen LogP) is 2.44. The lowest BCUT2D eigenvalue weighted by Gasteiger charge is -2.21. The highest BCUT2D eigenvalue weighted by Crippen LogP contribution is 2.18. The van der Waals surface area contributed by atoms with Crippen molar-refractivity contribution < 1.29 is 14.4 Å². The molecule has 0 heterocycles. The molecule has 0 saturated carbocycles. The first-order chi connectivity index (χ1) is 10.6. The van der Waals surface area contributed by atoms with Crippen LogP contribution in [-0.4, -0.2) is 13.1 Å². The molecule has 0 bridgehead atoms. The van der Waals surface area contributed by atoms with Gasteiger partial charge >= 0.3 is 5.97 Å². The smallest absolute Gasteiger partial charge is 0.328 e. The Morgan fingerprint density at radius 3 is 2.59 bits per heavy atom. The Bertz CT molecular complexity index is 632. The summed E-state index contributed by atoms with van der Waals surface area (Å²) < 4.78 is 5.18. The molecular formula is C16H16ClN2O3-. The molecule has 6 heteroatoms. The molecular weight excluding hydrogens is 304 g/mol. The fraction of sp³-hybridized carbons (Fsp3) is 0.125. The number of methoxy groups -OCH3 is 1. The number of nitrogens with one attached hydrogen (secondary N) is 1. The molecule has 0 aliphatic heterocycles. The number of nitrogens with two attached hydrogens (primary N) is 1. The van der Waals surface area contributed by atoms with Gasteiger partial charge in [-0.15, -0.1) is 0 Å². The van der Waals surface area contributed by atoms with Crippen LogP contribution in [0.4, 0.5) is 0 Å². The van der Waals surface area contributed by atoms with Gasteiger partial charge in [-0.05, 0) is 12.2 Å². The molecule has 0 spiro atoms. The number of ether oxygens (including phenoxy) is 1. The third-order valence-electron chi connectivity index (χ3n) is 2.96. The van der Waals surface area contributed by atoms with Crippen LogP contribution >= 0.6 is 11.6 Å². The highest BCUT2D eigenvalue weighted by Gasteiger charge is 2.10. The maximum absolute atomic E-state index is 11.8. The van der Waals surface area contributed by atoms with Crippen molar-refractivity contribution in [3.05, 3.63) is 70.8 Å². The van der Waals surface area contributed by atoms with E-state index in [2.05, 4.69) is 5.48 Å². The summed E-state index contributed by atoms with van der Waals surface area (Å²) in [7, 11) is 1.55. The van der Waals surface area contributed by atoms with Crippen LogP contribution in [0.5, 0.6) is 5.75 Å². The second-order valence-corrected chi connectivity index (χ2v) is 4.92. The van der Waals surface area contributed by atoms with E-state index in [-0.39, 0.29) is 12.6 Å². The van der Waals surface area contributed by atoms with E-state index in [0.29, 0.717) is 16.3 Å². The molecule has 0 fully saturated rings. The summed E-state index contributed by atoms with van der Waals surface area (Å²) in [6.07, 6.45) is 0.301. The number of carbonyl (C=O) groups excluding carboxylic acids is 1. The normalized spacial score (nSPS) is 10.1. The van der Waals surface area contributed by atoms with Gasteiger partial charge in [-0.1, -0.05) is 41.9 Å². The van der Waals surface area contributed by atoms with E-state index in [0.717, 1.165) is 5.56 Å². The first-order valence-electron chi connectivity index (χ1n) is 6.56. The van der Waals surface area contributed by atoms with Crippen LogP contribution in [0.15, 0.2) is 48.5 Å². The molecule has 0 saturated heterocycles. The Morgan fingerprint density at radius 2 is 1.91 bits per heavy atom. The first kappa shape index (κ1) is 16.2. The van der Waals surface area contributed by atoms with Gasteiger partial charge in [-0.2, -0.15) is 23.2 Å². The number of benzene rings is 2. The lowest BCUT2D eigenvalue weighted by atomic mass is 10.1. The summed E-state index contributed by atoms with van der Waals surface area (Å²) >= 11 is 5.80. The molecule has 0 aromatic heterocycles. The van der Waals surface area contributed by atoms with Crippen LogP contribution in [0.25, 0.3) is 0 Å². The van der Waals surface area contributed by atoms with Crippen molar-refractivity contribution in [2.75, 3.05) is 7.11 Å². The molecule has 2 aromatic carbocycles. The zero-order valence-corrected chi connectivity index (χ0v) is 12.8. The molecule has 0 aliphatic carbocycles. The van der Waals surface area contributed by atoms with Crippen molar-refractivity contribution >= 4 is 17.6 Å². The van der Waals surface area contributed by atoms with Gasteiger partial charge in [-0.3, -0.25) is 4.79 Å². The molecule has 2 aromatic rings. The largest absolute Gasteiger partial charge is 0.496 e. The van der Waals surface area contributed by atoms with Crippen LogP contribution in [0.3, 0.4) is 0 Å². The minimum Gasteiger partial charge on any atom is -0.496 e. The van der Waals surface area contributed by atoms with Crippen LogP contribution in [0.1, 0.15) is 11.1 Å². The van der Waals surface area contributed by atoms with Crippen molar-refractivity contribution in [2.24, 2.45) is 5.73 Å². The number of halogens is 1. The van der Waals surface area contributed by atoms with E-state index in [1.54, 1.807) is 43.5 Å². The van der Waals surface area contributed by atoms with Gasteiger partial charge in [0.15, 0.2) is 0 Å². The fourth-order valence-electron chi connectivity index (χ4n) is 1.84. The Hall–Kier alpha value is -2.21. The molecule has 0 aliphatic rings. The zero-order valence-electron chi connectivity index (χ0n) is 12.0. The van der Waals surface area contributed by atoms with Gasteiger partial charge in [0.05, 0.1) is 13.5 Å². The lowest BCUT2D eigenvalue weighted by Crippen LogP contribution is -2.32. The van der Waals surface area contributed by atoms with Crippen molar-refractivity contribution in [1.29, 1.82) is 0 Å². The molecule has 0 radical (unpaired) electrons. The maximum atomic E-state index is 11.8. The number of hydrogen-bond acceptors (Lipinski definition) is 5. The lowest BCUT2D eigenvalue weighted by molar-refractivity contribution is -0.149. The molecule has 5 nitrogen and oxygen atoms in total. The highest BCUT2D eigenvalue weighted by molar-refractivity contribution is 6.30. The Balaban J connectivity index is 1.88. The van der Waals surface area contributed by atoms with Crippen molar-refractivity contribution in [1.82, 2.24) is 5.48 Å². The number of hydroxylamine groups is 1. The quantitative estimate of drug-likeness (QED) is 0.632. The van der Waals surface area contributed by atoms with Crippen molar-refractivity contribution in [3.8, 4) is 5.75 Å². The first-order valence-corrected chi connectivity index (χ1v) is 6.94. The van der Waals surface area contributed by atoms with E-state index in [4.69, 9.17) is 26.9 Å². The summed E-state index contributed by atoms with van der Waals surface area (Å²) in [5.74, 6) is 0.163. The predicted molar refractivity (Wildman–Crippen MR) is 83.9 cm³/mol. The van der Waals surface area contributed by atoms with Gasteiger partial charge < -0.3 is 15.3 Å². The van der Waals surface area contributed by atoms with Gasteiger partial charge in [0.1, 0.15) is 5.75 Å². The molecule has 0 unspecified atom stereocenters. The van der Waals surface area contributed by atoms with Crippen LogP contribution in [0, 0.1) is 6.17 Å². The second kappa shape index (κ2) is 7.70. The molecule has 3 N–H and O–H groups in total. The Labute approximate surface area is 133 Å². The minimum atomic E-state index is -0.471. The van der Waals surface area contributed by atoms with Crippen LogP contribution in [-0.2, 0) is 16.1 Å². The monoisotopic (exact) mass is 319 g/mol. The van der Waals surface area contributed by atoms with E-state index < -0.39 is 5.97 Å². The SMILES string of the molecule is COc1ccccc1CC(=O)ON[C-](N)c1ccc(Cl)cc1. The van der Waals surface area contributed by atoms with Gasteiger partial charge in [0, 0.05) is 10.6 Å². The fourth-order valence-corrected chi connectivity index (χ4v) is 1.97. The average Bonchev–Trinajstić information content (AvgIpc) is 2.54. The van der Waals surface area contributed by atoms with E-state index in [1.807, 2.05) is 12.1 Å². The van der Waals surface area contributed by atoms with Crippen LogP contribution < -0.4 is 16.0 Å². The topological polar surface area (TPSA) is 73.6 Å². The summed E-state index contributed by atoms with van der Waals surface area (Å²) in [5, 5.41) is 0.602. The molecule has 116 valence electrons. The third kappa shape index (κ3) is 4.39. The Morgan fingerprint density at radius 1 is 1.23 bits per heavy atom. The summed E-state index contributed by atoms with van der Waals surface area (Å²) in [4.78, 5) is 16.8. The molecule has 0 amide bonds. The van der Waals surface area contributed by atoms with E-state index >= 15 is 0 Å². The number of hydrogen-bond donors (Lipinski definition) is 2. The highest BCUT2D eigenvalue weighted by atomic mass is 35.5.